The number of para-hydroxylation sites is 1. The van der Waals surface area contributed by atoms with Crippen molar-refractivity contribution in [2.75, 3.05) is 19.0 Å². The third kappa shape index (κ3) is 3.23. The normalized spacial score (nSPS) is 9.68. The van der Waals surface area contributed by atoms with Gasteiger partial charge >= 0.3 is 0 Å². The first-order valence-electron chi connectivity index (χ1n) is 6.06. The van der Waals surface area contributed by atoms with Crippen molar-refractivity contribution in [1.82, 2.24) is 4.98 Å². The van der Waals surface area contributed by atoms with Crippen LogP contribution in [0.5, 0.6) is 5.75 Å². The number of hydrogen-bond acceptors (Lipinski definition) is 4. The summed E-state index contributed by atoms with van der Waals surface area (Å²) >= 11 is 0. The Kier molecular flexibility index (Phi) is 4.35. The molecule has 0 spiro atoms. The average Bonchev–Trinajstić information content (AvgIpc) is 2.48. The van der Waals surface area contributed by atoms with E-state index in [4.69, 9.17) is 10.00 Å². The number of methoxy groups -OCH3 is 1. The van der Waals surface area contributed by atoms with E-state index in [9.17, 15) is 0 Å². The number of pyridine rings is 1. The van der Waals surface area contributed by atoms with Crippen LogP contribution < -0.4 is 10.1 Å². The molecule has 0 aliphatic heterocycles. The zero-order valence-corrected chi connectivity index (χ0v) is 10.8. The van der Waals surface area contributed by atoms with Gasteiger partial charge in [0.2, 0.25) is 0 Å². The summed E-state index contributed by atoms with van der Waals surface area (Å²) in [6, 6.07) is 13.5. The molecule has 1 aromatic heterocycles. The molecule has 19 heavy (non-hydrogen) atoms. The molecule has 4 nitrogen and oxygen atoms in total. The second-order valence-electron chi connectivity index (χ2n) is 4.00. The topological polar surface area (TPSA) is 57.9 Å². The van der Waals surface area contributed by atoms with Crippen LogP contribution in [0, 0.1) is 11.3 Å². The maximum atomic E-state index is 8.97. The molecular formula is C15H15N3O. The van der Waals surface area contributed by atoms with Gasteiger partial charge in [-0.3, -0.25) is 0 Å². The Morgan fingerprint density at radius 1 is 1.26 bits per heavy atom. The van der Waals surface area contributed by atoms with Crippen LogP contribution in [0.15, 0.2) is 42.6 Å². The van der Waals surface area contributed by atoms with Crippen molar-refractivity contribution in [2.24, 2.45) is 0 Å². The van der Waals surface area contributed by atoms with Crippen LogP contribution in [0.3, 0.4) is 0 Å². The summed E-state index contributed by atoms with van der Waals surface area (Å²) in [6.45, 7) is 0.700. The van der Waals surface area contributed by atoms with Crippen LogP contribution in [0.25, 0.3) is 0 Å². The first-order valence-corrected chi connectivity index (χ1v) is 6.06. The van der Waals surface area contributed by atoms with E-state index in [-0.39, 0.29) is 0 Å². The fourth-order valence-electron chi connectivity index (χ4n) is 1.86. The minimum atomic E-state index is 0.558. The second kappa shape index (κ2) is 6.41. The van der Waals surface area contributed by atoms with E-state index in [1.165, 1.54) is 0 Å². The summed E-state index contributed by atoms with van der Waals surface area (Å²) in [5.74, 6) is 1.51. The van der Waals surface area contributed by atoms with E-state index in [2.05, 4.69) is 16.4 Å². The molecule has 0 radical (unpaired) electrons. The molecule has 0 bridgehead atoms. The molecule has 1 aromatic carbocycles. The van der Waals surface area contributed by atoms with Crippen LogP contribution in [-0.2, 0) is 6.42 Å². The van der Waals surface area contributed by atoms with Gasteiger partial charge in [0.05, 0.1) is 12.7 Å². The van der Waals surface area contributed by atoms with Crippen LogP contribution in [-0.4, -0.2) is 18.6 Å². The molecule has 0 unspecified atom stereocenters. The molecule has 0 atom stereocenters. The number of nitriles is 1. The summed E-state index contributed by atoms with van der Waals surface area (Å²) in [4.78, 5) is 4.16. The summed E-state index contributed by atoms with van der Waals surface area (Å²) < 4.78 is 5.30. The number of nitrogens with zero attached hydrogens (tertiary/aromatic N) is 2. The minimum Gasteiger partial charge on any atom is -0.496 e. The molecule has 1 heterocycles. The van der Waals surface area contributed by atoms with Crippen molar-refractivity contribution in [1.29, 1.82) is 5.26 Å². The molecule has 0 aliphatic rings. The lowest BCUT2D eigenvalue weighted by Gasteiger charge is -2.09. The zero-order valence-electron chi connectivity index (χ0n) is 10.8. The van der Waals surface area contributed by atoms with Gasteiger partial charge in [0.25, 0.3) is 0 Å². The number of aromatic nitrogens is 1. The molecule has 0 aliphatic carbocycles. The molecule has 4 heteroatoms. The molecule has 0 amide bonds. The maximum Gasteiger partial charge on any atom is 0.143 e. The highest BCUT2D eigenvalue weighted by atomic mass is 16.5. The third-order valence-electron chi connectivity index (χ3n) is 2.81. The molecule has 0 saturated heterocycles. The first-order chi connectivity index (χ1) is 9.35. The van der Waals surface area contributed by atoms with Gasteiger partial charge in [0.15, 0.2) is 0 Å². The molecule has 2 rings (SSSR count). The standard InChI is InChI=1S/C15H15N3O/c1-19-14-7-3-2-5-12(14)8-10-18-15-13(11-16)6-4-9-17-15/h2-7,9H,8,10H2,1H3,(H,17,18). The van der Waals surface area contributed by atoms with E-state index in [1.54, 1.807) is 25.4 Å². The molecule has 2 aromatic rings. The highest BCUT2D eigenvalue weighted by Gasteiger charge is 2.03. The van der Waals surface area contributed by atoms with Crippen molar-refractivity contribution in [3.63, 3.8) is 0 Å². The Hall–Kier alpha value is -2.54. The lowest BCUT2D eigenvalue weighted by atomic mass is 10.1. The second-order valence-corrected chi connectivity index (χ2v) is 4.00. The van der Waals surface area contributed by atoms with E-state index in [1.807, 2.05) is 24.3 Å². The van der Waals surface area contributed by atoms with Crippen LogP contribution >= 0.6 is 0 Å². The van der Waals surface area contributed by atoms with Gasteiger partial charge < -0.3 is 10.1 Å². The Bertz CT molecular complexity index is 590. The Morgan fingerprint density at radius 3 is 2.89 bits per heavy atom. The summed E-state index contributed by atoms with van der Waals surface area (Å²) in [5.41, 5.74) is 1.69. The van der Waals surface area contributed by atoms with Gasteiger partial charge in [-0.15, -0.1) is 0 Å². The minimum absolute atomic E-state index is 0.558. The Morgan fingerprint density at radius 2 is 2.11 bits per heavy atom. The van der Waals surface area contributed by atoms with Gasteiger partial charge in [-0.1, -0.05) is 18.2 Å². The lowest BCUT2D eigenvalue weighted by Crippen LogP contribution is -2.08. The van der Waals surface area contributed by atoms with Gasteiger partial charge in [0.1, 0.15) is 17.6 Å². The first kappa shape index (κ1) is 12.9. The largest absolute Gasteiger partial charge is 0.496 e. The van der Waals surface area contributed by atoms with Gasteiger partial charge in [-0.2, -0.15) is 5.26 Å². The van der Waals surface area contributed by atoms with Gasteiger partial charge in [-0.05, 0) is 30.2 Å². The number of anilines is 1. The summed E-state index contributed by atoms with van der Waals surface area (Å²) in [6.07, 6.45) is 2.48. The maximum absolute atomic E-state index is 8.97. The molecule has 1 N–H and O–H groups in total. The predicted molar refractivity (Wildman–Crippen MR) is 74.1 cm³/mol. The zero-order chi connectivity index (χ0) is 13.5. The van der Waals surface area contributed by atoms with Crippen LogP contribution in [0.2, 0.25) is 0 Å². The fraction of sp³-hybridized carbons (Fsp3) is 0.200. The number of hydrogen-bond donors (Lipinski definition) is 1. The monoisotopic (exact) mass is 253 g/mol. The van der Waals surface area contributed by atoms with Gasteiger partial charge in [0, 0.05) is 12.7 Å². The van der Waals surface area contributed by atoms with Crippen molar-refractivity contribution >= 4 is 5.82 Å². The third-order valence-corrected chi connectivity index (χ3v) is 2.81. The van der Waals surface area contributed by atoms with Crippen molar-refractivity contribution in [3.8, 4) is 11.8 Å². The van der Waals surface area contributed by atoms with Gasteiger partial charge in [-0.25, -0.2) is 4.98 Å². The summed E-state index contributed by atoms with van der Waals surface area (Å²) in [7, 11) is 1.67. The quantitative estimate of drug-likeness (QED) is 0.889. The van der Waals surface area contributed by atoms with Crippen LogP contribution in [0.4, 0.5) is 5.82 Å². The fourth-order valence-corrected chi connectivity index (χ4v) is 1.86. The molecular weight excluding hydrogens is 238 g/mol. The Labute approximate surface area is 112 Å². The average molecular weight is 253 g/mol. The smallest absolute Gasteiger partial charge is 0.143 e. The number of rotatable bonds is 5. The Balaban J connectivity index is 1.99. The number of benzene rings is 1. The van der Waals surface area contributed by atoms with Crippen molar-refractivity contribution in [2.45, 2.75) is 6.42 Å². The molecule has 96 valence electrons. The van der Waals surface area contributed by atoms with E-state index in [0.29, 0.717) is 17.9 Å². The number of ether oxygens (including phenoxy) is 1. The molecule has 0 fully saturated rings. The lowest BCUT2D eigenvalue weighted by molar-refractivity contribution is 0.410. The number of nitrogens with one attached hydrogen (secondary N) is 1. The highest BCUT2D eigenvalue weighted by Crippen LogP contribution is 2.18. The SMILES string of the molecule is COc1ccccc1CCNc1ncccc1C#N. The van der Waals surface area contributed by atoms with Crippen LogP contribution in [0.1, 0.15) is 11.1 Å². The van der Waals surface area contributed by atoms with E-state index >= 15 is 0 Å². The van der Waals surface area contributed by atoms with Crippen molar-refractivity contribution < 1.29 is 4.74 Å². The van der Waals surface area contributed by atoms with E-state index < -0.39 is 0 Å². The van der Waals surface area contributed by atoms with E-state index in [0.717, 1.165) is 17.7 Å². The van der Waals surface area contributed by atoms with Crippen molar-refractivity contribution in [3.05, 3.63) is 53.7 Å². The summed E-state index contributed by atoms with van der Waals surface area (Å²) in [5, 5.41) is 12.1. The predicted octanol–water partition coefficient (Wildman–Crippen LogP) is 2.62. The molecule has 0 saturated carbocycles. The highest BCUT2D eigenvalue weighted by molar-refractivity contribution is 5.51.